The van der Waals surface area contributed by atoms with Crippen molar-refractivity contribution in [3.05, 3.63) is 264 Å². The number of nitrogens with zero attached hydrogens (tertiary/aromatic N) is 4. The van der Waals surface area contributed by atoms with Crippen molar-refractivity contribution >= 4 is 66.4 Å². The second-order valence-electron chi connectivity index (χ2n) is 17.4. The summed E-state index contributed by atoms with van der Waals surface area (Å²) in [5.74, 6) is 0. The molecule has 0 fully saturated rings. The molecule has 0 bridgehead atoms. The molecule has 0 aliphatic heterocycles. The highest BCUT2D eigenvalue weighted by atomic mass is 15.1. The molecule has 0 aromatic heterocycles. The van der Waals surface area contributed by atoms with E-state index in [0.717, 1.165) is 39.5 Å². The molecule has 2 aliphatic carbocycles. The Balaban J connectivity index is 1.12. The van der Waals surface area contributed by atoms with Crippen molar-refractivity contribution in [2.24, 2.45) is 0 Å². The number of benzene rings is 11. The summed E-state index contributed by atoms with van der Waals surface area (Å²) in [6.45, 7) is 0. The van der Waals surface area contributed by atoms with Crippen LogP contribution in [0.1, 0.15) is 33.4 Å². The Morgan fingerprint density at radius 3 is 1.40 bits per heavy atom. The maximum atomic E-state index is 9.98. The molecule has 11 aromatic carbocycles. The number of fused-ring (bicyclic) bond motifs is 17. The molecule has 67 heavy (non-hydrogen) atoms. The predicted octanol–water partition coefficient (Wildman–Crippen LogP) is 16.2. The van der Waals surface area contributed by atoms with Crippen LogP contribution in [0.4, 0.5) is 34.1 Å². The van der Waals surface area contributed by atoms with Crippen LogP contribution in [0.15, 0.2) is 231 Å². The van der Waals surface area contributed by atoms with Crippen LogP contribution in [-0.4, -0.2) is 0 Å². The van der Waals surface area contributed by atoms with E-state index < -0.39 is 5.41 Å². The Kier molecular flexibility index (Phi) is 8.52. The molecule has 0 unspecified atom stereocenters. The molecule has 13 rings (SSSR count). The molecule has 4 nitrogen and oxygen atoms in total. The van der Waals surface area contributed by atoms with E-state index >= 15 is 0 Å². The summed E-state index contributed by atoms with van der Waals surface area (Å²) in [7, 11) is 0. The number of hydrogen-bond acceptors (Lipinski definition) is 4. The molecule has 11 aromatic rings. The van der Waals surface area contributed by atoms with Gasteiger partial charge in [-0.2, -0.15) is 10.5 Å². The second kappa shape index (κ2) is 14.9. The smallest absolute Gasteiger partial charge is 0.0992 e. The third-order valence-corrected chi connectivity index (χ3v) is 14.0. The molecule has 0 N–H and O–H groups in total. The van der Waals surface area contributed by atoms with Gasteiger partial charge in [-0.3, -0.25) is 0 Å². The van der Waals surface area contributed by atoms with Gasteiger partial charge in [0, 0.05) is 34.1 Å². The Bertz CT molecular complexity index is 3870. The standard InChI is InChI=1S/C63H38N4/c64-39-41-15-13-21-46(35-41)66(44-17-3-1-4-18-44)48-30-33-50-43(37-48)29-32-56-60-54-26-8-7-23-51(54)57-38-49(67(45-19-5-2-6-20-45)47-22-14-16-42(36-47)40-65)31-34-55(57)62(60)63(61(50)56)58-27-11-9-24-52(58)53-25-10-12-28-59(53)63/h1-38H. The van der Waals surface area contributed by atoms with E-state index in [-0.39, 0.29) is 0 Å². The van der Waals surface area contributed by atoms with E-state index in [1.54, 1.807) is 0 Å². The summed E-state index contributed by atoms with van der Waals surface area (Å²) < 4.78 is 0. The highest BCUT2D eigenvalue weighted by Gasteiger charge is 2.53. The van der Waals surface area contributed by atoms with Crippen LogP contribution in [-0.2, 0) is 5.41 Å². The summed E-state index contributed by atoms with van der Waals surface area (Å²) in [5.41, 5.74) is 16.7. The molecule has 4 heteroatoms. The lowest BCUT2D eigenvalue weighted by molar-refractivity contribution is 0.809. The minimum atomic E-state index is -0.650. The van der Waals surface area contributed by atoms with E-state index in [1.165, 1.54) is 71.4 Å². The van der Waals surface area contributed by atoms with Gasteiger partial charge in [-0.15, -0.1) is 0 Å². The van der Waals surface area contributed by atoms with Crippen LogP contribution in [0.25, 0.3) is 54.6 Å². The van der Waals surface area contributed by atoms with Crippen LogP contribution in [0.2, 0.25) is 0 Å². The molecule has 0 heterocycles. The Hall–Kier alpha value is -9.22. The largest absolute Gasteiger partial charge is 0.310 e. The summed E-state index contributed by atoms with van der Waals surface area (Å²) >= 11 is 0. The molecular formula is C63H38N4. The zero-order valence-electron chi connectivity index (χ0n) is 36.2. The van der Waals surface area contributed by atoms with Crippen LogP contribution in [0.5, 0.6) is 0 Å². The topological polar surface area (TPSA) is 54.1 Å². The number of rotatable bonds is 6. The number of anilines is 6. The third-order valence-electron chi connectivity index (χ3n) is 14.0. The first kappa shape index (κ1) is 38.3. The van der Waals surface area contributed by atoms with Crippen molar-refractivity contribution in [2.75, 3.05) is 9.80 Å². The summed E-state index contributed by atoms with van der Waals surface area (Å²) in [4.78, 5) is 4.50. The minimum Gasteiger partial charge on any atom is -0.310 e. The predicted molar refractivity (Wildman–Crippen MR) is 274 cm³/mol. The summed E-state index contributed by atoms with van der Waals surface area (Å²) in [6, 6.07) is 86.7. The fourth-order valence-corrected chi connectivity index (χ4v) is 11.4. The van der Waals surface area contributed by atoms with Crippen molar-refractivity contribution in [3.8, 4) is 34.4 Å². The first-order chi connectivity index (χ1) is 33.1. The van der Waals surface area contributed by atoms with Crippen LogP contribution < -0.4 is 9.80 Å². The fraction of sp³-hybridized carbons (Fsp3) is 0.0159. The summed E-state index contributed by atoms with van der Waals surface area (Å²) in [6.07, 6.45) is 0. The molecular weight excluding hydrogens is 813 g/mol. The SMILES string of the molecule is N#Cc1cccc(N(c2ccccc2)c2ccc3c4c(ccc3c2)-c2c(c3ccc(N(c5ccccc5)c5cccc(C#N)c5)cc3c3ccccc23)C42c3ccccc3-c3ccccc32)c1. The van der Waals surface area contributed by atoms with Crippen LogP contribution in [0.3, 0.4) is 0 Å². The fourth-order valence-electron chi connectivity index (χ4n) is 11.4. The zero-order valence-corrected chi connectivity index (χ0v) is 36.2. The lowest BCUT2D eigenvalue weighted by atomic mass is 9.68. The first-order valence-corrected chi connectivity index (χ1v) is 22.6. The minimum absolute atomic E-state index is 0.612. The van der Waals surface area contributed by atoms with Gasteiger partial charge in [0.2, 0.25) is 0 Å². The van der Waals surface area contributed by atoms with E-state index in [9.17, 15) is 10.5 Å². The van der Waals surface area contributed by atoms with Crippen molar-refractivity contribution in [3.63, 3.8) is 0 Å². The van der Waals surface area contributed by atoms with Gasteiger partial charge < -0.3 is 9.80 Å². The number of hydrogen-bond donors (Lipinski definition) is 0. The van der Waals surface area contributed by atoms with E-state index in [2.05, 4.69) is 204 Å². The summed E-state index contributed by atoms with van der Waals surface area (Å²) in [5, 5.41) is 27.0. The molecule has 0 radical (unpaired) electrons. The third kappa shape index (κ3) is 5.58. The van der Waals surface area contributed by atoms with Crippen molar-refractivity contribution in [2.45, 2.75) is 5.41 Å². The highest BCUT2D eigenvalue weighted by molar-refractivity contribution is 6.22. The van der Waals surface area contributed by atoms with E-state index in [4.69, 9.17) is 0 Å². The first-order valence-electron chi connectivity index (χ1n) is 22.6. The van der Waals surface area contributed by atoms with Gasteiger partial charge in [0.05, 0.1) is 28.7 Å². The maximum absolute atomic E-state index is 9.98. The zero-order chi connectivity index (χ0) is 44.6. The van der Waals surface area contributed by atoms with Crippen molar-refractivity contribution in [1.29, 1.82) is 10.5 Å². The van der Waals surface area contributed by atoms with Gasteiger partial charge >= 0.3 is 0 Å². The lowest BCUT2D eigenvalue weighted by Gasteiger charge is -2.33. The van der Waals surface area contributed by atoms with Gasteiger partial charge in [-0.25, -0.2) is 0 Å². The van der Waals surface area contributed by atoms with Gasteiger partial charge in [-0.05, 0) is 162 Å². The molecule has 2 aliphatic rings. The molecule has 310 valence electrons. The van der Waals surface area contributed by atoms with Crippen molar-refractivity contribution in [1.82, 2.24) is 0 Å². The molecule has 1 spiro atoms. The Morgan fingerprint density at radius 2 is 0.806 bits per heavy atom. The number of nitriles is 2. The van der Waals surface area contributed by atoms with Crippen molar-refractivity contribution < 1.29 is 0 Å². The van der Waals surface area contributed by atoms with Gasteiger partial charge in [0.1, 0.15) is 0 Å². The lowest BCUT2D eigenvalue weighted by Crippen LogP contribution is -2.26. The number of para-hydroxylation sites is 2. The van der Waals surface area contributed by atoms with Crippen LogP contribution >= 0.6 is 0 Å². The Labute approximate surface area is 388 Å². The maximum Gasteiger partial charge on any atom is 0.0992 e. The molecule has 0 saturated heterocycles. The van der Waals surface area contributed by atoms with Gasteiger partial charge in [0.25, 0.3) is 0 Å². The van der Waals surface area contributed by atoms with E-state index in [1.807, 2.05) is 48.5 Å². The van der Waals surface area contributed by atoms with E-state index in [0.29, 0.717) is 11.1 Å². The molecule has 0 amide bonds. The normalized spacial score (nSPS) is 12.6. The monoisotopic (exact) mass is 850 g/mol. The quantitative estimate of drug-likeness (QED) is 0.156. The average Bonchev–Trinajstić information content (AvgIpc) is 3.88. The van der Waals surface area contributed by atoms with Crippen LogP contribution in [0, 0.1) is 22.7 Å². The Morgan fingerprint density at radius 1 is 0.313 bits per heavy atom. The van der Waals surface area contributed by atoms with Gasteiger partial charge in [0.15, 0.2) is 0 Å². The molecule has 0 saturated carbocycles. The highest BCUT2D eigenvalue weighted by Crippen LogP contribution is 2.67. The second-order valence-corrected chi connectivity index (χ2v) is 17.4. The average molecular weight is 851 g/mol. The van der Waals surface area contributed by atoms with Gasteiger partial charge in [-0.1, -0.05) is 146 Å². The molecule has 0 atom stereocenters.